The Bertz CT molecular complexity index is 291. The Morgan fingerprint density at radius 3 is 1.90 bits per heavy atom. The maximum atomic E-state index is 8.29. The molecule has 0 atom stereocenters. The first kappa shape index (κ1) is 6.05. The molecule has 2 N–H and O–H groups in total. The molecule has 0 aliphatic rings. The Hall–Kier alpha value is -2.08. The molecule has 1 aromatic heterocycles. The third kappa shape index (κ3) is 0.740. The van der Waals surface area contributed by atoms with Crippen molar-refractivity contribution in [1.82, 2.24) is 15.1 Å². The van der Waals surface area contributed by atoms with E-state index >= 15 is 0 Å². The van der Waals surface area contributed by atoms with E-state index in [1.807, 2.05) is 0 Å². The van der Waals surface area contributed by atoms with Crippen LogP contribution in [-0.4, -0.2) is 15.1 Å². The molecule has 0 fully saturated rings. The van der Waals surface area contributed by atoms with Gasteiger partial charge in [-0.1, -0.05) is 4.91 Å². The summed E-state index contributed by atoms with van der Waals surface area (Å²) in [4.78, 5) is 0.692. The van der Waals surface area contributed by atoms with Crippen molar-refractivity contribution >= 4 is 0 Å². The number of hydrogen-bond acceptors (Lipinski definition) is 5. The average Bonchev–Trinajstić information content (AvgIpc) is 2.30. The highest BCUT2D eigenvalue weighted by Gasteiger charge is 2.06. The molecular formula is C4H2N6. The van der Waals surface area contributed by atoms with Crippen molar-refractivity contribution in [2.45, 2.75) is 0 Å². The van der Waals surface area contributed by atoms with Crippen LogP contribution in [0.4, 0.5) is 0 Å². The highest BCUT2D eigenvalue weighted by Crippen LogP contribution is 1.95. The molecule has 0 aromatic carbocycles. The second-order valence-corrected chi connectivity index (χ2v) is 1.44. The standard InChI is InChI=1S/C4H2N6/c5-1-3-4(2-6)9-10(7)8-3/h7H2. The molecule has 1 heterocycles. The minimum atomic E-state index is -0.0509. The number of nitrogen functional groups attached to an aromatic ring is 1. The summed E-state index contributed by atoms with van der Waals surface area (Å²) in [5.74, 6) is 5.02. The van der Waals surface area contributed by atoms with Gasteiger partial charge in [-0.15, -0.1) is 10.2 Å². The molecule has 1 aromatic rings. The SMILES string of the molecule is N#Cc1nn(N)nc1C#N. The van der Waals surface area contributed by atoms with Crippen LogP contribution >= 0.6 is 0 Å². The molecule has 0 spiro atoms. The number of nitriles is 2. The molecule has 0 amide bonds. The molecular weight excluding hydrogens is 132 g/mol. The van der Waals surface area contributed by atoms with Gasteiger partial charge in [-0.05, 0) is 0 Å². The Morgan fingerprint density at radius 2 is 1.60 bits per heavy atom. The van der Waals surface area contributed by atoms with E-state index in [4.69, 9.17) is 16.4 Å². The molecule has 0 bridgehead atoms. The maximum absolute atomic E-state index is 8.29. The van der Waals surface area contributed by atoms with Crippen LogP contribution in [0.2, 0.25) is 0 Å². The molecule has 0 aliphatic carbocycles. The summed E-state index contributed by atoms with van der Waals surface area (Å²) in [6, 6.07) is 3.34. The predicted molar refractivity (Wildman–Crippen MR) is 29.6 cm³/mol. The van der Waals surface area contributed by atoms with Crippen LogP contribution in [0.15, 0.2) is 0 Å². The lowest BCUT2D eigenvalue weighted by atomic mass is 10.4. The van der Waals surface area contributed by atoms with E-state index in [9.17, 15) is 0 Å². The molecule has 48 valence electrons. The van der Waals surface area contributed by atoms with Crippen molar-refractivity contribution in [2.75, 3.05) is 5.84 Å². The lowest BCUT2D eigenvalue weighted by Gasteiger charge is -1.77. The summed E-state index contributed by atoms with van der Waals surface area (Å²) in [6.45, 7) is 0. The number of nitrogens with two attached hydrogens (primary N) is 1. The van der Waals surface area contributed by atoms with Crippen LogP contribution in [0, 0.1) is 22.7 Å². The van der Waals surface area contributed by atoms with E-state index in [0.29, 0.717) is 4.91 Å². The highest BCUT2D eigenvalue weighted by atomic mass is 15.6. The van der Waals surface area contributed by atoms with Crippen LogP contribution in [0.1, 0.15) is 11.4 Å². The first-order valence-corrected chi connectivity index (χ1v) is 2.30. The van der Waals surface area contributed by atoms with Crippen LogP contribution in [0.3, 0.4) is 0 Å². The van der Waals surface area contributed by atoms with Crippen LogP contribution in [0.25, 0.3) is 0 Å². The molecule has 6 heteroatoms. The molecule has 1 rings (SSSR count). The fraction of sp³-hybridized carbons (Fsp3) is 0. The smallest absolute Gasteiger partial charge is 0.202 e. The average molecular weight is 134 g/mol. The van der Waals surface area contributed by atoms with E-state index in [-0.39, 0.29) is 11.4 Å². The molecule has 0 radical (unpaired) electrons. The van der Waals surface area contributed by atoms with Gasteiger partial charge in [0.15, 0.2) is 0 Å². The van der Waals surface area contributed by atoms with Gasteiger partial charge in [0.1, 0.15) is 12.1 Å². The summed E-state index contributed by atoms with van der Waals surface area (Å²) in [7, 11) is 0. The lowest BCUT2D eigenvalue weighted by molar-refractivity contribution is 0.703. The van der Waals surface area contributed by atoms with Gasteiger partial charge in [0.2, 0.25) is 11.4 Å². The quantitative estimate of drug-likeness (QED) is 0.445. The van der Waals surface area contributed by atoms with Crippen molar-refractivity contribution in [2.24, 2.45) is 0 Å². The number of hydrogen-bond donors (Lipinski definition) is 1. The zero-order valence-corrected chi connectivity index (χ0v) is 4.81. The third-order valence-electron chi connectivity index (χ3n) is 0.841. The number of aromatic nitrogens is 3. The second-order valence-electron chi connectivity index (χ2n) is 1.44. The van der Waals surface area contributed by atoms with E-state index in [2.05, 4.69) is 10.2 Å². The van der Waals surface area contributed by atoms with Gasteiger partial charge in [0, 0.05) is 0 Å². The van der Waals surface area contributed by atoms with Crippen LogP contribution in [0.5, 0.6) is 0 Å². The van der Waals surface area contributed by atoms with Gasteiger partial charge in [0.25, 0.3) is 0 Å². The maximum Gasteiger partial charge on any atom is 0.202 e. The topological polar surface area (TPSA) is 104 Å². The van der Waals surface area contributed by atoms with Crippen molar-refractivity contribution in [1.29, 1.82) is 10.5 Å². The van der Waals surface area contributed by atoms with Crippen molar-refractivity contribution < 1.29 is 0 Å². The van der Waals surface area contributed by atoms with E-state index < -0.39 is 0 Å². The second kappa shape index (κ2) is 2.03. The number of rotatable bonds is 0. The van der Waals surface area contributed by atoms with E-state index in [0.717, 1.165) is 0 Å². The molecule has 0 saturated heterocycles. The zero-order chi connectivity index (χ0) is 7.56. The van der Waals surface area contributed by atoms with Crippen LogP contribution < -0.4 is 5.84 Å². The fourth-order valence-electron chi connectivity index (χ4n) is 0.473. The Labute approximate surface area is 56.1 Å². The third-order valence-corrected chi connectivity index (χ3v) is 0.841. The summed E-state index contributed by atoms with van der Waals surface area (Å²) >= 11 is 0. The van der Waals surface area contributed by atoms with Crippen molar-refractivity contribution in [3.8, 4) is 12.1 Å². The van der Waals surface area contributed by atoms with Gasteiger partial charge in [-0.2, -0.15) is 10.5 Å². The van der Waals surface area contributed by atoms with Crippen LogP contribution in [-0.2, 0) is 0 Å². The Morgan fingerprint density at radius 1 is 1.20 bits per heavy atom. The normalized spacial score (nSPS) is 8.20. The summed E-state index contributed by atoms with van der Waals surface area (Å²) in [5.41, 5.74) is -0.102. The minimum absolute atomic E-state index is 0.0509. The first-order valence-electron chi connectivity index (χ1n) is 2.30. The van der Waals surface area contributed by atoms with E-state index in [1.54, 1.807) is 12.1 Å². The van der Waals surface area contributed by atoms with Gasteiger partial charge < -0.3 is 5.84 Å². The monoisotopic (exact) mass is 134 g/mol. The molecule has 0 unspecified atom stereocenters. The van der Waals surface area contributed by atoms with Gasteiger partial charge in [0.05, 0.1) is 0 Å². The van der Waals surface area contributed by atoms with Gasteiger partial charge in [-0.3, -0.25) is 0 Å². The summed E-state index contributed by atoms with van der Waals surface area (Å²) < 4.78 is 0. The fourth-order valence-corrected chi connectivity index (χ4v) is 0.473. The summed E-state index contributed by atoms with van der Waals surface area (Å²) in [6.07, 6.45) is 0. The zero-order valence-electron chi connectivity index (χ0n) is 4.81. The van der Waals surface area contributed by atoms with Crippen molar-refractivity contribution in [3.05, 3.63) is 11.4 Å². The Balaban J connectivity index is 3.28. The molecule has 0 aliphatic heterocycles. The van der Waals surface area contributed by atoms with Gasteiger partial charge in [-0.25, -0.2) is 0 Å². The van der Waals surface area contributed by atoms with Gasteiger partial charge >= 0.3 is 0 Å². The summed E-state index contributed by atoms with van der Waals surface area (Å²) in [5, 5.41) is 23.4. The Kier molecular flexibility index (Phi) is 1.23. The predicted octanol–water partition coefficient (Wildman–Crippen LogP) is -1.26. The molecule has 0 saturated carbocycles. The largest absolute Gasteiger partial charge is 0.306 e. The van der Waals surface area contributed by atoms with E-state index in [1.165, 1.54) is 0 Å². The first-order chi connectivity index (χ1) is 4.77. The lowest BCUT2D eigenvalue weighted by Crippen LogP contribution is -2.11. The highest BCUT2D eigenvalue weighted by molar-refractivity contribution is 5.33. The van der Waals surface area contributed by atoms with Crippen molar-refractivity contribution in [3.63, 3.8) is 0 Å². The molecule has 10 heavy (non-hydrogen) atoms. The molecule has 6 nitrogen and oxygen atoms in total. The number of nitrogens with zero attached hydrogens (tertiary/aromatic N) is 5. The minimum Gasteiger partial charge on any atom is -0.306 e.